The number of anilines is 1. The van der Waals surface area contributed by atoms with Gasteiger partial charge in [-0.25, -0.2) is 4.98 Å². The first-order valence-corrected chi connectivity index (χ1v) is 5.46. The topological polar surface area (TPSA) is 72.0 Å². The molecule has 88 valence electrons. The van der Waals surface area contributed by atoms with Gasteiger partial charge in [-0.3, -0.25) is 4.98 Å². The van der Waals surface area contributed by atoms with Crippen LogP contribution in [0, 0.1) is 6.92 Å². The van der Waals surface area contributed by atoms with Gasteiger partial charge in [0.05, 0.1) is 11.8 Å². The van der Waals surface area contributed by atoms with Gasteiger partial charge in [0.2, 0.25) is 0 Å². The SMILES string of the molecule is Cc1ccnc(C(O)Cc2ccnc(N)c2)c1. The molecule has 4 heteroatoms. The van der Waals surface area contributed by atoms with E-state index in [1.807, 2.05) is 25.1 Å². The van der Waals surface area contributed by atoms with Crippen LogP contribution >= 0.6 is 0 Å². The number of aromatic nitrogens is 2. The van der Waals surface area contributed by atoms with Crippen LogP contribution < -0.4 is 5.73 Å². The van der Waals surface area contributed by atoms with Gasteiger partial charge in [-0.1, -0.05) is 0 Å². The summed E-state index contributed by atoms with van der Waals surface area (Å²) in [6.45, 7) is 1.97. The maximum Gasteiger partial charge on any atom is 0.123 e. The Kier molecular flexibility index (Phi) is 3.35. The fraction of sp³-hybridized carbons (Fsp3) is 0.231. The summed E-state index contributed by atoms with van der Waals surface area (Å²) in [7, 11) is 0. The maximum absolute atomic E-state index is 10.1. The van der Waals surface area contributed by atoms with Crippen LogP contribution in [0.15, 0.2) is 36.7 Å². The monoisotopic (exact) mass is 229 g/mol. The number of nitrogens with zero attached hydrogens (tertiary/aromatic N) is 2. The lowest BCUT2D eigenvalue weighted by Gasteiger charge is -2.10. The molecule has 3 N–H and O–H groups in total. The predicted molar refractivity (Wildman–Crippen MR) is 66.3 cm³/mol. The summed E-state index contributed by atoms with van der Waals surface area (Å²) in [5.74, 6) is 0.465. The number of hydrogen-bond donors (Lipinski definition) is 2. The normalized spacial score (nSPS) is 12.4. The average Bonchev–Trinajstić information content (AvgIpc) is 2.29. The number of pyridine rings is 2. The Labute approximate surface area is 100 Å². The van der Waals surface area contributed by atoms with Gasteiger partial charge in [0.25, 0.3) is 0 Å². The molecule has 17 heavy (non-hydrogen) atoms. The molecular formula is C13H15N3O. The van der Waals surface area contributed by atoms with Gasteiger partial charge in [-0.2, -0.15) is 0 Å². The van der Waals surface area contributed by atoms with Crippen LogP contribution in [0.1, 0.15) is 22.9 Å². The largest absolute Gasteiger partial charge is 0.386 e. The van der Waals surface area contributed by atoms with E-state index in [4.69, 9.17) is 5.73 Å². The molecule has 0 aromatic carbocycles. The third-order valence-corrected chi connectivity index (χ3v) is 2.55. The molecule has 2 aromatic rings. The number of nitrogen functional groups attached to an aromatic ring is 1. The minimum absolute atomic E-state index is 0.465. The van der Waals surface area contributed by atoms with Crippen LogP contribution in [0.2, 0.25) is 0 Å². The molecule has 0 bridgehead atoms. The Morgan fingerprint density at radius 3 is 2.71 bits per heavy atom. The zero-order valence-electron chi connectivity index (χ0n) is 9.67. The van der Waals surface area contributed by atoms with Crippen molar-refractivity contribution in [3.8, 4) is 0 Å². The molecule has 2 aromatic heterocycles. The standard InChI is InChI=1S/C13H15N3O/c1-9-2-4-15-11(6-9)12(17)7-10-3-5-16-13(14)8-10/h2-6,8,12,17H,7H2,1H3,(H2,14,16). The molecule has 0 saturated carbocycles. The van der Waals surface area contributed by atoms with Crippen LogP contribution in [0.4, 0.5) is 5.82 Å². The molecule has 0 amide bonds. The van der Waals surface area contributed by atoms with E-state index < -0.39 is 6.10 Å². The van der Waals surface area contributed by atoms with E-state index in [-0.39, 0.29) is 0 Å². The Morgan fingerprint density at radius 2 is 2.00 bits per heavy atom. The van der Waals surface area contributed by atoms with Crippen molar-refractivity contribution >= 4 is 5.82 Å². The molecule has 1 unspecified atom stereocenters. The van der Waals surface area contributed by atoms with Gasteiger partial charge in [0.15, 0.2) is 0 Å². The van der Waals surface area contributed by atoms with Crippen molar-refractivity contribution in [3.05, 3.63) is 53.5 Å². The Bertz CT molecular complexity index is 514. The van der Waals surface area contributed by atoms with Crippen molar-refractivity contribution in [1.29, 1.82) is 0 Å². The van der Waals surface area contributed by atoms with Gasteiger partial charge in [-0.05, 0) is 42.3 Å². The number of nitrogens with two attached hydrogens (primary N) is 1. The van der Waals surface area contributed by atoms with Crippen LogP contribution in [0.5, 0.6) is 0 Å². The molecule has 1 atom stereocenters. The summed E-state index contributed by atoms with van der Waals surface area (Å²) < 4.78 is 0. The fourth-order valence-electron chi connectivity index (χ4n) is 1.69. The summed E-state index contributed by atoms with van der Waals surface area (Å²) in [5, 5.41) is 10.1. The van der Waals surface area contributed by atoms with Gasteiger partial charge in [0.1, 0.15) is 5.82 Å². The first-order chi connectivity index (χ1) is 8.15. The van der Waals surface area contributed by atoms with Crippen molar-refractivity contribution in [2.24, 2.45) is 0 Å². The minimum atomic E-state index is -0.614. The van der Waals surface area contributed by atoms with Crippen molar-refractivity contribution in [2.45, 2.75) is 19.4 Å². The van der Waals surface area contributed by atoms with Crippen LogP contribution in [-0.4, -0.2) is 15.1 Å². The summed E-state index contributed by atoms with van der Waals surface area (Å²) in [5.41, 5.74) is 8.31. The van der Waals surface area contributed by atoms with Gasteiger partial charge < -0.3 is 10.8 Å². The minimum Gasteiger partial charge on any atom is -0.386 e. The number of hydrogen-bond acceptors (Lipinski definition) is 4. The molecule has 0 radical (unpaired) electrons. The molecule has 0 aliphatic rings. The Balaban J connectivity index is 2.14. The average molecular weight is 229 g/mol. The third kappa shape index (κ3) is 3.01. The van der Waals surface area contributed by atoms with Gasteiger partial charge >= 0.3 is 0 Å². The smallest absolute Gasteiger partial charge is 0.123 e. The molecule has 2 rings (SSSR count). The fourth-order valence-corrected chi connectivity index (χ4v) is 1.69. The number of aliphatic hydroxyl groups is 1. The van der Waals surface area contributed by atoms with E-state index in [2.05, 4.69) is 9.97 Å². The van der Waals surface area contributed by atoms with E-state index in [0.717, 1.165) is 11.1 Å². The van der Waals surface area contributed by atoms with E-state index in [0.29, 0.717) is 17.9 Å². The van der Waals surface area contributed by atoms with Crippen LogP contribution in [0.25, 0.3) is 0 Å². The van der Waals surface area contributed by atoms with E-state index in [1.165, 1.54) is 0 Å². The highest BCUT2D eigenvalue weighted by atomic mass is 16.3. The second kappa shape index (κ2) is 4.93. The highest BCUT2D eigenvalue weighted by molar-refractivity contribution is 5.32. The third-order valence-electron chi connectivity index (χ3n) is 2.55. The van der Waals surface area contributed by atoms with Crippen molar-refractivity contribution in [1.82, 2.24) is 9.97 Å². The second-order valence-electron chi connectivity index (χ2n) is 4.07. The zero-order chi connectivity index (χ0) is 12.3. The van der Waals surface area contributed by atoms with E-state index in [1.54, 1.807) is 18.5 Å². The molecule has 0 aliphatic carbocycles. The summed E-state index contributed by atoms with van der Waals surface area (Å²) in [6, 6.07) is 7.39. The maximum atomic E-state index is 10.1. The molecule has 0 saturated heterocycles. The number of aliphatic hydroxyl groups excluding tert-OH is 1. The predicted octanol–water partition coefficient (Wildman–Crippen LogP) is 1.64. The van der Waals surface area contributed by atoms with Crippen LogP contribution in [0.3, 0.4) is 0 Å². The van der Waals surface area contributed by atoms with Crippen molar-refractivity contribution in [3.63, 3.8) is 0 Å². The first kappa shape index (κ1) is 11.5. The lowest BCUT2D eigenvalue weighted by molar-refractivity contribution is 0.173. The zero-order valence-corrected chi connectivity index (χ0v) is 9.67. The molecular weight excluding hydrogens is 214 g/mol. The van der Waals surface area contributed by atoms with E-state index in [9.17, 15) is 5.11 Å². The Morgan fingerprint density at radius 1 is 1.24 bits per heavy atom. The molecule has 4 nitrogen and oxygen atoms in total. The first-order valence-electron chi connectivity index (χ1n) is 5.46. The Hall–Kier alpha value is -1.94. The molecule has 0 aliphatic heterocycles. The van der Waals surface area contributed by atoms with Gasteiger partial charge in [0, 0.05) is 18.8 Å². The lowest BCUT2D eigenvalue weighted by Crippen LogP contribution is -2.05. The molecule has 0 fully saturated rings. The highest BCUT2D eigenvalue weighted by Gasteiger charge is 2.10. The quantitative estimate of drug-likeness (QED) is 0.839. The summed E-state index contributed by atoms with van der Waals surface area (Å²) in [6.07, 6.45) is 3.22. The van der Waals surface area contributed by atoms with Crippen molar-refractivity contribution in [2.75, 3.05) is 5.73 Å². The number of rotatable bonds is 3. The van der Waals surface area contributed by atoms with Crippen molar-refractivity contribution < 1.29 is 5.11 Å². The molecule has 2 heterocycles. The second-order valence-corrected chi connectivity index (χ2v) is 4.07. The number of aryl methyl sites for hydroxylation is 1. The molecule has 0 spiro atoms. The van der Waals surface area contributed by atoms with E-state index >= 15 is 0 Å². The highest BCUT2D eigenvalue weighted by Crippen LogP contribution is 2.17. The summed E-state index contributed by atoms with van der Waals surface area (Å²) in [4.78, 5) is 8.08. The van der Waals surface area contributed by atoms with Crippen LogP contribution in [-0.2, 0) is 6.42 Å². The lowest BCUT2D eigenvalue weighted by atomic mass is 10.1. The van der Waals surface area contributed by atoms with Gasteiger partial charge in [-0.15, -0.1) is 0 Å². The summed E-state index contributed by atoms with van der Waals surface area (Å²) >= 11 is 0.